The van der Waals surface area contributed by atoms with Gasteiger partial charge in [0, 0.05) is 25.2 Å². The molecular formula is C17H23NO3. The number of hydrogen-bond acceptors (Lipinski definition) is 3. The van der Waals surface area contributed by atoms with Crippen LogP contribution in [-0.2, 0) is 14.9 Å². The zero-order chi connectivity index (χ0) is 14.8. The molecule has 2 N–H and O–H groups in total. The van der Waals surface area contributed by atoms with Crippen molar-refractivity contribution in [3.63, 3.8) is 0 Å². The molecule has 1 aliphatic heterocycles. The fourth-order valence-corrected chi connectivity index (χ4v) is 3.13. The molecule has 0 aromatic heterocycles. The van der Waals surface area contributed by atoms with E-state index in [-0.39, 0.29) is 17.9 Å². The number of aliphatic hydroxyl groups excluding tert-OH is 1. The maximum Gasteiger partial charge on any atom is 0.230 e. The van der Waals surface area contributed by atoms with E-state index in [1.165, 1.54) is 0 Å². The van der Waals surface area contributed by atoms with Crippen LogP contribution >= 0.6 is 0 Å². The van der Waals surface area contributed by atoms with E-state index in [0.29, 0.717) is 19.8 Å². The largest absolute Gasteiger partial charge is 0.396 e. The molecule has 0 spiro atoms. The average Bonchev–Trinajstić information content (AvgIpc) is 3.35. The minimum atomic E-state index is -0.481. The topological polar surface area (TPSA) is 58.6 Å². The predicted molar refractivity (Wildman–Crippen MR) is 79.9 cm³/mol. The van der Waals surface area contributed by atoms with Gasteiger partial charge in [0.1, 0.15) is 0 Å². The maximum absolute atomic E-state index is 12.9. The lowest BCUT2D eigenvalue weighted by Crippen LogP contribution is -2.49. The molecule has 1 amide bonds. The predicted octanol–water partition coefficient (Wildman–Crippen LogP) is 1.62. The Balaban J connectivity index is 1.77. The quantitative estimate of drug-likeness (QED) is 0.866. The Bertz CT molecular complexity index is 490. The molecule has 3 rings (SSSR count). The van der Waals surface area contributed by atoms with Gasteiger partial charge in [-0.05, 0) is 31.2 Å². The molecule has 2 fully saturated rings. The third kappa shape index (κ3) is 2.83. The van der Waals surface area contributed by atoms with Gasteiger partial charge in [-0.3, -0.25) is 4.79 Å². The Kier molecular flexibility index (Phi) is 4.00. The summed E-state index contributed by atoms with van der Waals surface area (Å²) >= 11 is 0. The maximum atomic E-state index is 12.9. The van der Waals surface area contributed by atoms with Crippen LogP contribution in [0.2, 0.25) is 0 Å². The number of carbonyl (C=O) groups is 1. The Hall–Kier alpha value is -1.39. The van der Waals surface area contributed by atoms with Gasteiger partial charge in [-0.15, -0.1) is 0 Å². The van der Waals surface area contributed by atoms with E-state index in [0.717, 1.165) is 31.2 Å². The lowest BCUT2D eigenvalue weighted by Gasteiger charge is -2.36. The molecule has 1 aliphatic carbocycles. The van der Waals surface area contributed by atoms with Crippen molar-refractivity contribution in [2.45, 2.75) is 31.1 Å². The Morgan fingerprint density at radius 3 is 2.38 bits per heavy atom. The van der Waals surface area contributed by atoms with E-state index in [2.05, 4.69) is 5.32 Å². The molecule has 4 heteroatoms. The second kappa shape index (κ2) is 5.78. The number of nitrogens with one attached hydrogen (secondary N) is 1. The highest BCUT2D eigenvalue weighted by Crippen LogP contribution is 2.44. The fourth-order valence-electron chi connectivity index (χ4n) is 3.13. The van der Waals surface area contributed by atoms with Gasteiger partial charge in [-0.25, -0.2) is 0 Å². The van der Waals surface area contributed by atoms with Crippen LogP contribution in [0.1, 0.15) is 31.2 Å². The number of amides is 1. The van der Waals surface area contributed by atoms with Crippen molar-refractivity contribution < 1.29 is 14.6 Å². The number of carbonyl (C=O) groups excluding carboxylic acids is 1. The second-order valence-corrected chi connectivity index (χ2v) is 6.40. The zero-order valence-corrected chi connectivity index (χ0v) is 12.3. The summed E-state index contributed by atoms with van der Waals surface area (Å²) in [6, 6.07) is 10.00. The summed E-state index contributed by atoms with van der Waals surface area (Å²) in [4.78, 5) is 12.9. The van der Waals surface area contributed by atoms with Crippen LogP contribution in [0.3, 0.4) is 0 Å². The van der Waals surface area contributed by atoms with Gasteiger partial charge in [-0.2, -0.15) is 0 Å². The molecule has 1 saturated carbocycles. The summed E-state index contributed by atoms with van der Waals surface area (Å²) in [5.74, 6) is 0.0803. The van der Waals surface area contributed by atoms with E-state index in [9.17, 15) is 9.90 Å². The summed E-state index contributed by atoms with van der Waals surface area (Å²) in [5.41, 5.74) is 0.531. The van der Waals surface area contributed by atoms with Gasteiger partial charge in [0.25, 0.3) is 0 Å². The van der Waals surface area contributed by atoms with Crippen molar-refractivity contribution in [2.24, 2.45) is 5.41 Å². The van der Waals surface area contributed by atoms with E-state index >= 15 is 0 Å². The third-order valence-electron chi connectivity index (χ3n) is 5.02. The Morgan fingerprint density at radius 1 is 1.14 bits per heavy atom. The Labute approximate surface area is 125 Å². The summed E-state index contributed by atoms with van der Waals surface area (Å²) < 4.78 is 5.46. The average molecular weight is 289 g/mol. The summed E-state index contributed by atoms with van der Waals surface area (Å²) in [5, 5.41) is 12.5. The fraction of sp³-hybridized carbons (Fsp3) is 0.588. The monoisotopic (exact) mass is 289 g/mol. The minimum Gasteiger partial charge on any atom is -0.396 e. The molecule has 1 aromatic rings. The minimum absolute atomic E-state index is 0.0568. The molecule has 0 radical (unpaired) electrons. The lowest BCUT2D eigenvalue weighted by atomic mass is 9.73. The number of benzene rings is 1. The van der Waals surface area contributed by atoms with Crippen molar-refractivity contribution in [1.82, 2.24) is 5.32 Å². The summed E-state index contributed by atoms with van der Waals surface area (Å²) in [7, 11) is 0. The Morgan fingerprint density at radius 2 is 1.81 bits per heavy atom. The molecule has 0 bridgehead atoms. The molecule has 0 atom stereocenters. The van der Waals surface area contributed by atoms with Crippen molar-refractivity contribution >= 4 is 5.91 Å². The van der Waals surface area contributed by atoms with Crippen molar-refractivity contribution in [2.75, 3.05) is 26.4 Å². The van der Waals surface area contributed by atoms with Crippen LogP contribution in [0.15, 0.2) is 30.3 Å². The van der Waals surface area contributed by atoms with Crippen LogP contribution in [0.4, 0.5) is 0 Å². The standard InChI is InChI=1S/C17H23NO3/c19-13-16(6-7-16)12-18-15(20)17(8-10-21-11-9-17)14-4-2-1-3-5-14/h1-5,19H,6-13H2,(H,18,20). The van der Waals surface area contributed by atoms with Gasteiger partial charge in [0.05, 0.1) is 12.0 Å². The first-order chi connectivity index (χ1) is 10.2. The van der Waals surface area contributed by atoms with E-state index in [1.54, 1.807) is 0 Å². The highest BCUT2D eigenvalue weighted by molar-refractivity contribution is 5.88. The zero-order valence-electron chi connectivity index (χ0n) is 12.3. The van der Waals surface area contributed by atoms with Crippen LogP contribution in [-0.4, -0.2) is 37.4 Å². The first kappa shape index (κ1) is 14.5. The molecule has 1 heterocycles. The molecular weight excluding hydrogens is 266 g/mol. The lowest BCUT2D eigenvalue weighted by molar-refractivity contribution is -0.130. The SMILES string of the molecule is O=C(NCC1(CO)CC1)C1(c2ccccc2)CCOCC1. The smallest absolute Gasteiger partial charge is 0.230 e. The van der Waals surface area contributed by atoms with Crippen LogP contribution in [0, 0.1) is 5.41 Å². The first-order valence-electron chi connectivity index (χ1n) is 7.73. The van der Waals surface area contributed by atoms with Gasteiger partial charge in [0.15, 0.2) is 0 Å². The van der Waals surface area contributed by atoms with Crippen LogP contribution < -0.4 is 5.32 Å². The summed E-state index contributed by atoms with van der Waals surface area (Å²) in [6.45, 7) is 1.98. The number of hydrogen-bond donors (Lipinski definition) is 2. The van der Waals surface area contributed by atoms with Crippen molar-refractivity contribution in [3.05, 3.63) is 35.9 Å². The first-order valence-corrected chi connectivity index (χ1v) is 7.73. The highest BCUT2D eigenvalue weighted by Gasteiger charge is 2.45. The highest BCUT2D eigenvalue weighted by atomic mass is 16.5. The van der Waals surface area contributed by atoms with Gasteiger partial charge >= 0.3 is 0 Å². The third-order valence-corrected chi connectivity index (χ3v) is 5.02. The van der Waals surface area contributed by atoms with Gasteiger partial charge in [0.2, 0.25) is 5.91 Å². The molecule has 114 valence electrons. The van der Waals surface area contributed by atoms with Crippen molar-refractivity contribution in [3.8, 4) is 0 Å². The molecule has 1 aromatic carbocycles. The molecule has 2 aliphatic rings. The van der Waals surface area contributed by atoms with Crippen molar-refractivity contribution in [1.29, 1.82) is 0 Å². The van der Waals surface area contributed by atoms with E-state index < -0.39 is 5.41 Å². The molecule has 0 unspecified atom stereocenters. The molecule has 4 nitrogen and oxygen atoms in total. The van der Waals surface area contributed by atoms with Gasteiger partial charge < -0.3 is 15.2 Å². The molecule has 1 saturated heterocycles. The normalized spacial score (nSPS) is 22.5. The number of aliphatic hydroxyl groups is 1. The van der Waals surface area contributed by atoms with E-state index in [4.69, 9.17) is 4.74 Å². The van der Waals surface area contributed by atoms with Gasteiger partial charge in [-0.1, -0.05) is 30.3 Å². The van der Waals surface area contributed by atoms with Crippen LogP contribution in [0.5, 0.6) is 0 Å². The summed E-state index contributed by atoms with van der Waals surface area (Å²) in [6.07, 6.45) is 3.44. The number of ether oxygens (including phenoxy) is 1. The number of rotatable bonds is 5. The second-order valence-electron chi connectivity index (χ2n) is 6.40. The van der Waals surface area contributed by atoms with E-state index in [1.807, 2.05) is 30.3 Å². The van der Waals surface area contributed by atoms with Crippen LogP contribution in [0.25, 0.3) is 0 Å². The molecule has 21 heavy (non-hydrogen) atoms.